The first-order valence-electron chi connectivity index (χ1n) is 5.83. The summed E-state index contributed by atoms with van der Waals surface area (Å²) in [6.45, 7) is 10.9. The Kier molecular flexibility index (Phi) is 27.4. The van der Waals surface area contributed by atoms with E-state index in [4.69, 9.17) is 0 Å². The average molecular weight is 394 g/mol. The first kappa shape index (κ1) is 27.9. The zero-order valence-electron chi connectivity index (χ0n) is 12.5. The number of hydrogen-bond donors (Lipinski definition) is 0. The molecule has 0 aliphatic heterocycles. The molecule has 0 aromatic carbocycles. The van der Waals surface area contributed by atoms with Gasteiger partial charge in [-0.15, -0.1) is 19.8 Å². The topological polar surface area (TPSA) is 0 Å². The van der Waals surface area contributed by atoms with E-state index in [0.717, 1.165) is 22.4 Å². The van der Waals surface area contributed by atoms with Gasteiger partial charge in [-0.1, -0.05) is 26.9 Å². The summed E-state index contributed by atoms with van der Waals surface area (Å²) in [4.78, 5) is 0. The first-order valence-corrected chi connectivity index (χ1v) is 8.14. The van der Waals surface area contributed by atoms with Crippen molar-refractivity contribution in [3.05, 3.63) is 47.1 Å². The molecule has 1 radical (unpaired) electrons. The molecule has 0 heterocycles. The van der Waals surface area contributed by atoms with Crippen molar-refractivity contribution < 1.29 is 51.0 Å². The van der Waals surface area contributed by atoms with Crippen LogP contribution in [0.2, 0.25) is 13.1 Å². The molecule has 0 bridgehead atoms. The van der Waals surface area contributed by atoms with Crippen molar-refractivity contribution in [2.45, 2.75) is 46.7 Å². The van der Waals surface area contributed by atoms with Crippen molar-refractivity contribution in [3.63, 3.8) is 0 Å². The summed E-state index contributed by atoms with van der Waals surface area (Å²) >= 11 is 0. The van der Waals surface area contributed by atoms with Gasteiger partial charge < -0.3 is 24.8 Å². The molecule has 0 saturated carbocycles. The maximum Gasteiger partial charge on any atom is 4.00 e. The van der Waals surface area contributed by atoms with Crippen molar-refractivity contribution in [2.24, 2.45) is 0 Å². The Balaban J connectivity index is -0.0000000907. The molecule has 0 saturated heterocycles. The van der Waals surface area contributed by atoms with Crippen LogP contribution in [0.1, 0.15) is 33.6 Å². The van der Waals surface area contributed by atoms with Gasteiger partial charge in [-0.05, 0) is 0 Å². The van der Waals surface area contributed by atoms with Gasteiger partial charge in [0.15, 0.2) is 0 Å². The van der Waals surface area contributed by atoms with E-state index >= 15 is 0 Å². The fourth-order valence-electron chi connectivity index (χ4n) is 1.19. The van der Waals surface area contributed by atoms with Gasteiger partial charge in [-0.3, -0.25) is 12.2 Å². The Hall–Kier alpha value is 0.640. The predicted molar refractivity (Wildman–Crippen MR) is 75.9 cm³/mol. The van der Waals surface area contributed by atoms with Crippen LogP contribution in [-0.4, -0.2) is 9.52 Å². The molecular formula is C15H23Cl2SiZr. The Morgan fingerprint density at radius 3 is 1.74 bits per heavy atom. The molecule has 0 atom stereocenters. The van der Waals surface area contributed by atoms with Crippen LogP contribution in [0.15, 0.2) is 34.9 Å². The minimum Gasteiger partial charge on any atom is -1.00 e. The summed E-state index contributed by atoms with van der Waals surface area (Å²) in [6.07, 6.45) is 14.3. The Morgan fingerprint density at radius 1 is 1.11 bits per heavy atom. The van der Waals surface area contributed by atoms with E-state index < -0.39 is 0 Å². The fraction of sp³-hybridized carbons (Fsp3) is 0.467. The van der Waals surface area contributed by atoms with Gasteiger partial charge in [0, 0.05) is 9.52 Å². The minimum absolute atomic E-state index is 0. The summed E-state index contributed by atoms with van der Waals surface area (Å²) in [5, 5.41) is 0. The second-order valence-electron chi connectivity index (χ2n) is 3.96. The van der Waals surface area contributed by atoms with E-state index in [2.05, 4.69) is 52.1 Å². The Morgan fingerprint density at radius 2 is 1.63 bits per heavy atom. The van der Waals surface area contributed by atoms with Gasteiger partial charge >= 0.3 is 26.2 Å². The maximum absolute atomic E-state index is 3.26. The van der Waals surface area contributed by atoms with E-state index in [9.17, 15) is 0 Å². The summed E-state index contributed by atoms with van der Waals surface area (Å²) in [6, 6.07) is 0. The van der Waals surface area contributed by atoms with Crippen molar-refractivity contribution in [1.29, 1.82) is 0 Å². The van der Waals surface area contributed by atoms with Crippen LogP contribution in [0.4, 0.5) is 0 Å². The van der Waals surface area contributed by atoms with Gasteiger partial charge in [0.1, 0.15) is 0 Å². The number of allylic oxidation sites excluding steroid dienone is 8. The molecule has 105 valence electrons. The summed E-state index contributed by atoms with van der Waals surface area (Å²) in [7, 11) is 0.750. The SMILES string of the molecule is CC1=[C-]CC(C)=C1C.C[SiH]C.[C-]1=CC=CC1.[Cl-].[Cl-].[Zr+4]. The predicted octanol–water partition coefficient (Wildman–Crippen LogP) is -1.69. The Bertz CT molecular complexity index is 303. The first-order chi connectivity index (χ1) is 7.63. The van der Waals surface area contributed by atoms with Gasteiger partial charge in [-0.25, -0.2) is 17.7 Å². The van der Waals surface area contributed by atoms with E-state index in [1.54, 1.807) is 0 Å². The Labute approximate surface area is 153 Å². The van der Waals surface area contributed by atoms with Gasteiger partial charge in [0.2, 0.25) is 0 Å². The summed E-state index contributed by atoms with van der Waals surface area (Å²) in [5.41, 5.74) is 4.25. The normalized spacial score (nSPS) is 13.8. The van der Waals surface area contributed by atoms with Gasteiger partial charge in [0.25, 0.3) is 0 Å². The van der Waals surface area contributed by atoms with E-state index in [-0.39, 0.29) is 51.0 Å². The fourth-order valence-corrected chi connectivity index (χ4v) is 1.19. The standard InChI is InChI=1S/C8H11.C5H5.C2H7Si.2ClH.Zr/c1-6-4-5-7(2)8(6)3;1-2-4-5-3-1;1-3-2;;;/h4H2,1-3H3;1-3H,4H2;3H,1-2H3;2*1H;/q2*-1;;;;+4/p-2. The zero-order chi connectivity index (χ0) is 12.4. The zero-order valence-corrected chi connectivity index (χ0v) is 17.6. The van der Waals surface area contributed by atoms with Crippen molar-refractivity contribution in [2.75, 3.05) is 0 Å². The molecule has 0 aromatic heterocycles. The summed E-state index contributed by atoms with van der Waals surface area (Å²) in [5.74, 6) is 0. The molecule has 0 nitrogen and oxygen atoms in total. The quantitative estimate of drug-likeness (QED) is 0.340. The molecule has 2 rings (SSSR count). The van der Waals surface area contributed by atoms with Crippen LogP contribution in [0.25, 0.3) is 0 Å². The van der Waals surface area contributed by atoms with Crippen LogP contribution in [0.5, 0.6) is 0 Å². The second-order valence-corrected chi connectivity index (χ2v) is 5.12. The molecule has 0 unspecified atom stereocenters. The third-order valence-corrected chi connectivity index (χ3v) is 2.41. The van der Waals surface area contributed by atoms with E-state index in [1.165, 1.54) is 16.7 Å². The minimum atomic E-state index is 0. The molecule has 0 aromatic rings. The average Bonchev–Trinajstić information content (AvgIpc) is 2.90. The smallest absolute Gasteiger partial charge is 1.00 e. The van der Waals surface area contributed by atoms with Crippen LogP contribution in [-0.2, 0) is 26.2 Å². The second kappa shape index (κ2) is 18.6. The van der Waals surface area contributed by atoms with Crippen LogP contribution >= 0.6 is 0 Å². The molecule has 0 N–H and O–H groups in total. The largest absolute Gasteiger partial charge is 4.00 e. The maximum atomic E-state index is 3.26. The van der Waals surface area contributed by atoms with Crippen LogP contribution in [0, 0.1) is 12.2 Å². The van der Waals surface area contributed by atoms with E-state index in [0.29, 0.717) is 0 Å². The molecule has 19 heavy (non-hydrogen) atoms. The third kappa shape index (κ3) is 14.9. The molecule has 0 spiro atoms. The molecule has 0 fully saturated rings. The van der Waals surface area contributed by atoms with Gasteiger partial charge in [-0.2, -0.15) is 17.2 Å². The summed E-state index contributed by atoms with van der Waals surface area (Å²) < 4.78 is 0. The van der Waals surface area contributed by atoms with Crippen LogP contribution in [0.3, 0.4) is 0 Å². The van der Waals surface area contributed by atoms with Gasteiger partial charge in [0.05, 0.1) is 0 Å². The molecular weight excluding hydrogens is 370 g/mol. The van der Waals surface area contributed by atoms with Crippen molar-refractivity contribution >= 4 is 9.52 Å². The number of rotatable bonds is 0. The third-order valence-electron chi connectivity index (χ3n) is 2.41. The van der Waals surface area contributed by atoms with Crippen molar-refractivity contribution in [3.8, 4) is 0 Å². The molecule has 4 heteroatoms. The monoisotopic (exact) mass is 391 g/mol. The number of halogens is 2. The van der Waals surface area contributed by atoms with Crippen LogP contribution < -0.4 is 24.8 Å². The molecule has 0 amide bonds. The molecule has 2 aliphatic rings. The van der Waals surface area contributed by atoms with E-state index in [1.807, 2.05) is 12.2 Å². The molecule has 2 aliphatic carbocycles. The number of hydrogen-bond acceptors (Lipinski definition) is 0. The van der Waals surface area contributed by atoms with Crippen molar-refractivity contribution in [1.82, 2.24) is 0 Å².